The summed E-state index contributed by atoms with van der Waals surface area (Å²) in [5.41, 5.74) is -0.0259. The first-order valence-electron chi connectivity index (χ1n) is 5.31. The average molecular weight is 240 g/mol. The summed E-state index contributed by atoms with van der Waals surface area (Å²) in [6.07, 6.45) is -0.183. The lowest BCUT2D eigenvalue weighted by molar-refractivity contribution is -0.154. The van der Waals surface area contributed by atoms with Crippen molar-refractivity contribution < 1.29 is 13.2 Å². The van der Waals surface area contributed by atoms with Crippen LogP contribution in [0.2, 0.25) is 0 Å². The van der Waals surface area contributed by atoms with Crippen LogP contribution >= 0.6 is 0 Å². The van der Waals surface area contributed by atoms with Gasteiger partial charge in [-0.05, 0) is 12.1 Å². The smallest absolute Gasteiger partial charge is 0.180 e. The molecule has 0 N–H and O–H groups in total. The van der Waals surface area contributed by atoms with Gasteiger partial charge in [0.25, 0.3) is 0 Å². The van der Waals surface area contributed by atoms with Crippen LogP contribution in [0.25, 0.3) is 0 Å². The highest BCUT2D eigenvalue weighted by molar-refractivity contribution is 7.91. The minimum absolute atomic E-state index is 0.0259. The maximum atomic E-state index is 12.0. The lowest BCUT2D eigenvalue weighted by Gasteiger charge is -2.43. The fraction of sp³-hybridized carbons (Fsp3) is 0.500. The Kier molecular flexibility index (Phi) is 2.80. The van der Waals surface area contributed by atoms with Crippen molar-refractivity contribution in [2.24, 2.45) is 5.41 Å². The summed E-state index contributed by atoms with van der Waals surface area (Å²) in [4.78, 5) is 0.376. The van der Waals surface area contributed by atoms with E-state index in [2.05, 4.69) is 0 Å². The molecule has 0 amide bonds. The molecule has 88 valence electrons. The molecule has 1 aliphatic heterocycles. The van der Waals surface area contributed by atoms with Crippen LogP contribution in [-0.2, 0) is 14.6 Å². The summed E-state index contributed by atoms with van der Waals surface area (Å²) in [6.45, 7) is 4.70. The Morgan fingerprint density at radius 1 is 1.31 bits per heavy atom. The van der Waals surface area contributed by atoms with Crippen molar-refractivity contribution in [3.05, 3.63) is 30.3 Å². The predicted octanol–water partition coefficient (Wildman–Crippen LogP) is 1.89. The van der Waals surface area contributed by atoms with Gasteiger partial charge in [-0.15, -0.1) is 0 Å². The van der Waals surface area contributed by atoms with Crippen LogP contribution in [0, 0.1) is 5.41 Å². The van der Waals surface area contributed by atoms with E-state index in [0.717, 1.165) is 0 Å². The van der Waals surface area contributed by atoms with Gasteiger partial charge in [-0.3, -0.25) is 0 Å². The van der Waals surface area contributed by atoms with Crippen molar-refractivity contribution in [3.63, 3.8) is 0 Å². The molecule has 4 heteroatoms. The van der Waals surface area contributed by atoms with E-state index in [0.29, 0.717) is 11.5 Å². The second-order valence-electron chi connectivity index (χ2n) is 4.88. The van der Waals surface area contributed by atoms with Gasteiger partial charge in [0.1, 0.15) is 0 Å². The molecule has 1 unspecified atom stereocenters. The van der Waals surface area contributed by atoms with E-state index >= 15 is 0 Å². The van der Waals surface area contributed by atoms with Crippen molar-refractivity contribution in [1.82, 2.24) is 0 Å². The molecule has 0 aliphatic carbocycles. The SMILES string of the molecule is CC1(C)COC1CS(=O)(=O)c1ccccc1. The number of benzene rings is 1. The van der Waals surface area contributed by atoms with E-state index in [1.54, 1.807) is 24.3 Å². The second kappa shape index (κ2) is 3.86. The first-order valence-corrected chi connectivity index (χ1v) is 6.96. The van der Waals surface area contributed by atoms with Gasteiger partial charge < -0.3 is 4.74 Å². The summed E-state index contributed by atoms with van der Waals surface area (Å²) in [6, 6.07) is 8.53. The third kappa shape index (κ3) is 2.13. The second-order valence-corrected chi connectivity index (χ2v) is 6.92. The molecule has 0 spiro atoms. The Morgan fingerprint density at radius 3 is 2.38 bits per heavy atom. The first kappa shape index (κ1) is 11.6. The lowest BCUT2D eigenvalue weighted by Crippen LogP contribution is -2.51. The molecular weight excluding hydrogens is 224 g/mol. The molecule has 0 bridgehead atoms. The van der Waals surface area contributed by atoms with Crippen molar-refractivity contribution in [1.29, 1.82) is 0 Å². The third-order valence-corrected chi connectivity index (χ3v) is 4.73. The Balaban J connectivity index is 2.16. The molecule has 1 aromatic rings. The zero-order chi connectivity index (χ0) is 11.8. The normalized spacial score (nSPS) is 23.8. The van der Waals surface area contributed by atoms with Crippen LogP contribution < -0.4 is 0 Å². The van der Waals surface area contributed by atoms with Gasteiger partial charge in [0.05, 0.1) is 23.4 Å². The zero-order valence-corrected chi connectivity index (χ0v) is 10.3. The van der Waals surface area contributed by atoms with Gasteiger partial charge >= 0.3 is 0 Å². The van der Waals surface area contributed by atoms with Crippen molar-refractivity contribution in [3.8, 4) is 0 Å². The molecule has 16 heavy (non-hydrogen) atoms. The van der Waals surface area contributed by atoms with Crippen LogP contribution in [0.1, 0.15) is 13.8 Å². The van der Waals surface area contributed by atoms with E-state index in [-0.39, 0.29) is 17.3 Å². The van der Waals surface area contributed by atoms with E-state index in [1.807, 2.05) is 19.9 Å². The number of ether oxygens (including phenoxy) is 1. The minimum Gasteiger partial charge on any atom is -0.376 e. The van der Waals surface area contributed by atoms with Gasteiger partial charge in [0.2, 0.25) is 0 Å². The highest BCUT2D eigenvalue weighted by Crippen LogP contribution is 2.35. The van der Waals surface area contributed by atoms with E-state index in [1.165, 1.54) is 0 Å². The molecule has 1 saturated heterocycles. The minimum atomic E-state index is -3.22. The Hall–Kier alpha value is -0.870. The molecule has 1 aromatic carbocycles. The number of sulfone groups is 1. The lowest BCUT2D eigenvalue weighted by atomic mass is 9.84. The van der Waals surface area contributed by atoms with E-state index in [4.69, 9.17) is 4.74 Å². The molecule has 0 saturated carbocycles. The Labute approximate surface area is 96.4 Å². The summed E-state index contributed by atoms with van der Waals surface area (Å²) in [7, 11) is -3.22. The highest BCUT2D eigenvalue weighted by Gasteiger charge is 2.42. The highest BCUT2D eigenvalue weighted by atomic mass is 32.2. The van der Waals surface area contributed by atoms with Crippen LogP contribution in [0.15, 0.2) is 35.2 Å². The largest absolute Gasteiger partial charge is 0.376 e. The van der Waals surface area contributed by atoms with Gasteiger partial charge in [-0.1, -0.05) is 32.0 Å². The summed E-state index contributed by atoms with van der Waals surface area (Å²) in [5, 5.41) is 0. The summed E-state index contributed by atoms with van der Waals surface area (Å²) >= 11 is 0. The number of rotatable bonds is 3. The maximum Gasteiger partial charge on any atom is 0.180 e. The van der Waals surface area contributed by atoms with Crippen molar-refractivity contribution >= 4 is 9.84 Å². The standard InChI is InChI=1S/C12H16O3S/c1-12(2)9-15-11(12)8-16(13,14)10-6-4-3-5-7-10/h3-7,11H,8-9H2,1-2H3. The topological polar surface area (TPSA) is 43.4 Å². The maximum absolute atomic E-state index is 12.0. The zero-order valence-electron chi connectivity index (χ0n) is 9.51. The molecule has 1 atom stereocenters. The summed E-state index contributed by atoms with van der Waals surface area (Å²) < 4.78 is 29.4. The Bertz CT molecular complexity index is 462. The predicted molar refractivity (Wildman–Crippen MR) is 62.0 cm³/mol. The molecule has 0 aromatic heterocycles. The number of hydrogen-bond donors (Lipinski definition) is 0. The van der Waals surface area contributed by atoms with Gasteiger partial charge in [-0.25, -0.2) is 8.42 Å². The first-order chi connectivity index (χ1) is 7.42. The molecule has 0 radical (unpaired) electrons. The van der Waals surface area contributed by atoms with Crippen molar-refractivity contribution in [2.45, 2.75) is 24.8 Å². The Morgan fingerprint density at radius 2 is 1.94 bits per heavy atom. The summed E-state index contributed by atoms with van der Waals surface area (Å²) in [5.74, 6) is 0.0734. The van der Waals surface area contributed by atoms with E-state index in [9.17, 15) is 8.42 Å². The van der Waals surface area contributed by atoms with Crippen LogP contribution in [0.3, 0.4) is 0 Å². The monoisotopic (exact) mass is 240 g/mol. The third-order valence-electron chi connectivity index (χ3n) is 3.00. The fourth-order valence-electron chi connectivity index (χ4n) is 1.73. The van der Waals surface area contributed by atoms with Crippen molar-refractivity contribution in [2.75, 3.05) is 12.4 Å². The molecule has 1 fully saturated rings. The average Bonchev–Trinajstić information content (AvgIpc) is 2.26. The molecule has 2 rings (SSSR count). The fourth-order valence-corrected chi connectivity index (χ4v) is 3.44. The molecule has 3 nitrogen and oxygen atoms in total. The van der Waals surface area contributed by atoms with Crippen LogP contribution in [0.5, 0.6) is 0 Å². The van der Waals surface area contributed by atoms with Crippen LogP contribution in [0.4, 0.5) is 0 Å². The van der Waals surface area contributed by atoms with E-state index < -0.39 is 9.84 Å². The quantitative estimate of drug-likeness (QED) is 0.810. The molecular formula is C12H16O3S. The van der Waals surface area contributed by atoms with Gasteiger partial charge in [0.15, 0.2) is 9.84 Å². The molecule has 1 heterocycles. The number of hydrogen-bond acceptors (Lipinski definition) is 3. The van der Waals surface area contributed by atoms with Gasteiger partial charge in [-0.2, -0.15) is 0 Å². The molecule has 1 aliphatic rings. The van der Waals surface area contributed by atoms with Crippen LogP contribution in [-0.4, -0.2) is 26.9 Å². The van der Waals surface area contributed by atoms with Gasteiger partial charge in [0, 0.05) is 5.41 Å².